The van der Waals surface area contributed by atoms with Gasteiger partial charge in [-0.2, -0.15) is 0 Å². The molecular weight excluding hydrogens is 156 g/mol. The highest BCUT2D eigenvalue weighted by atomic mass is 16.5. The van der Waals surface area contributed by atoms with Crippen LogP contribution >= 0.6 is 0 Å². The standard InChI is InChI=1S/C8H18N2O2/c1-4-8(3,10)5-12-6(2)7(9)11/h6H,4-5,10H2,1-3H3,(H2,9,11). The molecule has 12 heavy (non-hydrogen) atoms. The number of hydrogen-bond acceptors (Lipinski definition) is 3. The first-order valence-corrected chi connectivity index (χ1v) is 4.09. The van der Waals surface area contributed by atoms with Crippen molar-refractivity contribution in [2.45, 2.75) is 38.8 Å². The average Bonchev–Trinajstić information content (AvgIpc) is 2.00. The molecule has 4 N–H and O–H groups in total. The Morgan fingerprint density at radius 3 is 2.50 bits per heavy atom. The van der Waals surface area contributed by atoms with E-state index in [2.05, 4.69) is 0 Å². The SMILES string of the molecule is CCC(C)(N)COC(C)C(N)=O. The van der Waals surface area contributed by atoms with E-state index < -0.39 is 12.0 Å². The highest BCUT2D eigenvalue weighted by molar-refractivity contribution is 5.78. The van der Waals surface area contributed by atoms with E-state index >= 15 is 0 Å². The molecule has 1 amide bonds. The van der Waals surface area contributed by atoms with E-state index in [4.69, 9.17) is 16.2 Å². The van der Waals surface area contributed by atoms with Gasteiger partial charge in [0.05, 0.1) is 6.61 Å². The molecule has 0 fully saturated rings. The first kappa shape index (κ1) is 11.4. The molecule has 0 saturated carbocycles. The van der Waals surface area contributed by atoms with Crippen molar-refractivity contribution in [1.29, 1.82) is 0 Å². The maximum Gasteiger partial charge on any atom is 0.246 e. The highest BCUT2D eigenvalue weighted by Gasteiger charge is 2.18. The summed E-state index contributed by atoms with van der Waals surface area (Å²) < 4.78 is 5.16. The number of hydrogen-bond donors (Lipinski definition) is 2. The monoisotopic (exact) mass is 174 g/mol. The van der Waals surface area contributed by atoms with Gasteiger partial charge in [-0.15, -0.1) is 0 Å². The molecule has 0 aliphatic carbocycles. The van der Waals surface area contributed by atoms with Crippen LogP contribution in [0.5, 0.6) is 0 Å². The molecule has 0 aliphatic rings. The van der Waals surface area contributed by atoms with Gasteiger partial charge in [0.2, 0.25) is 5.91 Å². The van der Waals surface area contributed by atoms with Gasteiger partial charge in [0, 0.05) is 5.54 Å². The topological polar surface area (TPSA) is 78.3 Å². The molecule has 72 valence electrons. The van der Waals surface area contributed by atoms with Gasteiger partial charge in [-0.05, 0) is 20.3 Å². The van der Waals surface area contributed by atoms with Crippen LogP contribution in [0.4, 0.5) is 0 Å². The van der Waals surface area contributed by atoms with E-state index in [0.717, 1.165) is 6.42 Å². The van der Waals surface area contributed by atoms with Crippen molar-refractivity contribution in [2.75, 3.05) is 6.61 Å². The van der Waals surface area contributed by atoms with Crippen molar-refractivity contribution in [3.8, 4) is 0 Å². The quantitative estimate of drug-likeness (QED) is 0.616. The van der Waals surface area contributed by atoms with E-state index in [1.54, 1.807) is 6.92 Å². The number of carbonyl (C=O) groups excluding carboxylic acids is 1. The summed E-state index contributed by atoms with van der Waals surface area (Å²) in [7, 11) is 0. The molecular formula is C8H18N2O2. The molecule has 2 atom stereocenters. The Kier molecular flexibility index (Phi) is 4.20. The summed E-state index contributed by atoms with van der Waals surface area (Å²) >= 11 is 0. The summed E-state index contributed by atoms with van der Waals surface area (Å²) in [5.41, 5.74) is 10.4. The van der Waals surface area contributed by atoms with Crippen molar-refractivity contribution >= 4 is 5.91 Å². The Labute approximate surface area is 73.2 Å². The van der Waals surface area contributed by atoms with E-state index in [-0.39, 0.29) is 5.54 Å². The zero-order valence-corrected chi connectivity index (χ0v) is 7.96. The van der Waals surface area contributed by atoms with Crippen molar-refractivity contribution in [1.82, 2.24) is 0 Å². The van der Waals surface area contributed by atoms with Crippen LogP contribution in [0, 0.1) is 0 Å². The molecule has 0 heterocycles. The summed E-state index contributed by atoms with van der Waals surface area (Å²) in [6, 6.07) is 0. The van der Waals surface area contributed by atoms with Crippen molar-refractivity contribution in [3.05, 3.63) is 0 Å². The van der Waals surface area contributed by atoms with Crippen LogP contribution < -0.4 is 11.5 Å². The fourth-order valence-corrected chi connectivity index (χ4v) is 0.500. The summed E-state index contributed by atoms with van der Waals surface area (Å²) in [4.78, 5) is 10.6. The lowest BCUT2D eigenvalue weighted by atomic mass is 10.0. The summed E-state index contributed by atoms with van der Waals surface area (Å²) in [6.07, 6.45) is 0.248. The third-order valence-electron chi connectivity index (χ3n) is 1.87. The maximum atomic E-state index is 10.6. The van der Waals surface area contributed by atoms with Crippen LogP contribution in [0.15, 0.2) is 0 Å². The number of carbonyl (C=O) groups is 1. The number of amides is 1. The zero-order chi connectivity index (χ0) is 9.78. The predicted octanol–water partition coefficient (Wildman–Crippen LogP) is 0.00420. The van der Waals surface area contributed by atoms with Gasteiger partial charge in [0.25, 0.3) is 0 Å². The Balaban J connectivity index is 3.75. The minimum atomic E-state index is -0.556. The van der Waals surface area contributed by atoms with Crippen molar-refractivity contribution in [3.63, 3.8) is 0 Å². The molecule has 2 unspecified atom stereocenters. The normalized spacial score (nSPS) is 18.3. The lowest BCUT2D eigenvalue weighted by Crippen LogP contribution is -2.43. The van der Waals surface area contributed by atoms with Crippen LogP contribution in [-0.2, 0) is 9.53 Å². The van der Waals surface area contributed by atoms with Gasteiger partial charge >= 0.3 is 0 Å². The average molecular weight is 174 g/mol. The summed E-state index contributed by atoms with van der Waals surface area (Å²) in [6.45, 7) is 5.82. The Morgan fingerprint density at radius 1 is 1.67 bits per heavy atom. The Bertz CT molecular complexity index is 157. The molecule has 0 aromatic carbocycles. The first-order chi connectivity index (χ1) is 5.39. The van der Waals surface area contributed by atoms with Crippen LogP contribution in [-0.4, -0.2) is 24.2 Å². The second-order valence-electron chi connectivity index (χ2n) is 3.36. The molecule has 0 aromatic rings. The van der Waals surface area contributed by atoms with Gasteiger partial charge in [-0.25, -0.2) is 0 Å². The van der Waals surface area contributed by atoms with Crippen LogP contribution in [0.3, 0.4) is 0 Å². The number of ether oxygens (including phenoxy) is 1. The predicted molar refractivity (Wildman–Crippen MR) is 47.5 cm³/mol. The van der Waals surface area contributed by atoms with Crippen molar-refractivity contribution in [2.24, 2.45) is 11.5 Å². The Morgan fingerprint density at radius 2 is 2.17 bits per heavy atom. The number of rotatable bonds is 5. The van der Waals surface area contributed by atoms with Crippen molar-refractivity contribution < 1.29 is 9.53 Å². The lowest BCUT2D eigenvalue weighted by molar-refractivity contribution is -0.129. The highest BCUT2D eigenvalue weighted by Crippen LogP contribution is 2.06. The Hall–Kier alpha value is -0.610. The summed E-state index contributed by atoms with van der Waals surface area (Å²) in [5, 5.41) is 0. The third kappa shape index (κ3) is 4.31. The maximum absolute atomic E-state index is 10.6. The van der Waals surface area contributed by atoms with Gasteiger partial charge in [0.1, 0.15) is 6.10 Å². The number of primary amides is 1. The van der Waals surface area contributed by atoms with E-state index in [1.807, 2.05) is 13.8 Å². The number of nitrogens with two attached hydrogens (primary N) is 2. The zero-order valence-electron chi connectivity index (χ0n) is 7.96. The van der Waals surface area contributed by atoms with Gasteiger partial charge in [-0.1, -0.05) is 6.92 Å². The molecule has 4 nitrogen and oxygen atoms in total. The van der Waals surface area contributed by atoms with E-state index in [9.17, 15) is 4.79 Å². The van der Waals surface area contributed by atoms with Gasteiger partial charge in [-0.3, -0.25) is 4.79 Å². The minimum Gasteiger partial charge on any atom is -0.367 e. The molecule has 4 heteroatoms. The molecule has 0 spiro atoms. The second-order valence-corrected chi connectivity index (χ2v) is 3.36. The third-order valence-corrected chi connectivity index (χ3v) is 1.87. The molecule has 0 aliphatic heterocycles. The largest absolute Gasteiger partial charge is 0.367 e. The molecule has 0 radical (unpaired) electrons. The smallest absolute Gasteiger partial charge is 0.246 e. The first-order valence-electron chi connectivity index (χ1n) is 4.09. The summed E-state index contributed by atoms with van der Waals surface area (Å²) in [5.74, 6) is -0.457. The fourth-order valence-electron chi connectivity index (χ4n) is 0.500. The fraction of sp³-hybridized carbons (Fsp3) is 0.875. The van der Waals surface area contributed by atoms with Crippen LogP contribution in [0.25, 0.3) is 0 Å². The van der Waals surface area contributed by atoms with Crippen LogP contribution in [0.2, 0.25) is 0 Å². The van der Waals surface area contributed by atoms with Gasteiger partial charge in [0.15, 0.2) is 0 Å². The van der Waals surface area contributed by atoms with Crippen LogP contribution in [0.1, 0.15) is 27.2 Å². The van der Waals surface area contributed by atoms with E-state index in [1.165, 1.54) is 0 Å². The molecule has 0 rings (SSSR count). The second kappa shape index (κ2) is 4.42. The van der Waals surface area contributed by atoms with Gasteiger partial charge < -0.3 is 16.2 Å². The minimum absolute atomic E-state index is 0.355. The molecule has 0 aromatic heterocycles. The lowest BCUT2D eigenvalue weighted by Gasteiger charge is -2.23. The van der Waals surface area contributed by atoms with E-state index in [0.29, 0.717) is 6.61 Å². The molecule has 0 saturated heterocycles. The molecule has 0 bridgehead atoms.